The van der Waals surface area contributed by atoms with Gasteiger partial charge in [-0.1, -0.05) is 57.2 Å². The minimum absolute atomic E-state index is 0.0972. The molecule has 0 aliphatic carbocycles. The van der Waals surface area contributed by atoms with Crippen molar-refractivity contribution >= 4 is 32.3 Å². The molecule has 30 heavy (non-hydrogen) atoms. The van der Waals surface area contributed by atoms with Crippen LogP contribution in [0.1, 0.15) is 33.0 Å². The Balaban J connectivity index is 1.84. The first-order valence-electron chi connectivity index (χ1n) is 10.9. The molecule has 2 aromatic carbocycles. The summed E-state index contributed by atoms with van der Waals surface area (Å²) >= 11 is 1.58. The van der Waals surface area contributed by atoms with Gasteiger partial charge in [0.25, 0.3) is 5.56 Å². The lowest BCUT2D eigenvalue weighted by Gasteiger charge is -2.20. The van der Waals surface area contributed by atoms with Gasteiger partial charge in [0, 0.05) is 30.5 Å². The lowest BCUT2D eigenvalue weighted by Crippen LogP contribution is -2.33. The summed E-state index contributed by atoms with van der Waals surface area (Å²) in [5.41, 5.74) is 2.18. The molecular weight excluding hydrogens is 390 g/mol. The van der Waals surface area contributed by atoms with Crippen LogP contribution in [0.25, 0.3) is 32.1 Å². The number of hydrogen-bond donors (Lipinski definition) is 0. The SMILES string of the molecule is CCCc1nc2scc(-c3ccc4ccccc4c3)c2c(=O)n1CCN(CC)CC. The lowest BCUT2D eigenvalue weighted by molar-refractivity contribution is 0.287. The van der Waals surface area contributed by atoms with Crippen molar-refractivity contribution in [2.24, 2.45) is 0 Å². The largest absolute Gasteiger partial charge is 0.302 e. The van der Waals surface area contributed by atoms with Crippen molar-refractivity contribution in [2.75, 3.05) is 19.6 Å². The van der Waals surface area contributed by atoms with Crippen LogP contribution in [0.5, 0.6) is 0 Å². The van der Waals surface area contributed by atoms with Crippen LogP contribution in [0.15, 0.2) is 52.6 Å². The third-order valence-corrected chi connectivity index (χ3v) is 6.71. The van der Waals surface area contributed by atoms with E-state index in [-0.39, 0.29) is 5.56 Å². The number of aromatic nitrogens is 2. The van der Waals surface area contributed by atoms with Crippen molar-refractivity contribution < 1.29 is 0 Å². The standard InChI is InChI=1S/C25H29N3OS/c1-4-9-22-26-24-23(25(29)28(22)15-14-27(5-2)6-3)21(17-30-24)20-13-12-18-10-7-8-11-19(18)16-20/h7-8,10-13,16-17H,4-6,9,14-15H2,1-3H3. The fraction of sp³-hybridized carbons (Fsp3) is 0.360. The number of fused-ring (bicyclic) bond motifs is 2. The van der Waals surface area contributed by atoms with Gasteiger partial charge in [-0.3, -0.25) is 9.36 Å². The smallest absolute Gasteiger partial charge is 0.262 e. The van der Waals surface area contributed by atoms with Gasteiger partial charge >= 0.3 is 0 Å². The molecule has 0 unspecified atom stereocenters. The van der Waals surface area contributed by atoms with Crippen molar-refractivity contribution in [3.8, 4) is 11.1 Å². The van der Waals surface area contributed by atoms with E-state index in [9.17, 15) is 4.79 Å². The van der Waals surface area contributed by atoms with Crippen LogP contribution in [-0.2, 0) is 13.0 Å². The van der Waals surface area contributed by atoms with Crippen LogP contribution in [0.3, 0.4) is 0 Å². The van der Waals surface area contributed by atoms with Crippen molar-refractivity contribution in [3.63, 3.8) is 0 Å². The maximum absolute atomic E-state index is 13.6. The predicted molar refractivity (Wildman–Crippen MR) is 129 cm³/mol. The van der Waals surface area contributed by atoms with Crippen LogP contribution >= 0.6 is 11.3 Å². The zero-order valence-electron chi connectivity index (χ0n) is 18.0. The molecule has 0 radical (unpaired) electrons. The van der Waals surface area contributed by atoms with Crippen LogP contribution in [0, 0.1) is 0 Å². The first-order chi connectivity index (χ1) is 14.7. The first kappa shape index (κ1) is 20.8. The highest BCUT2D eigenvalue weighted by atomic mass is 32.1. The van der Waals surface area contributed by atoms with E-state index in [1.807, 2.05) is 4.57 Å². The second-order valence-corrected chi connectivity index (χ2v) is 8.51. The lowest BCUT2D eigenvalue weighted by atomic mass is 10.0. The highest BCUT2D eigenvalue weighted by Crippen LogP contribution is 2.33. The van der Waals surface area contributed by atoms with E-state index in [2.05, 4.69) is 73.5 Å². The molecule has 156 valence electrons. The maximum atomic E-state index is 13.6. The molecule has 0 amide bonds. The molecule has 0 aliphatic heterocycles. The summed E-state index contributed by atoms with van der Waals surface area (Å²) in [6, 6.07) is 14.8. The number of nitrogens with zero attached hydrogens (tertiary/aromatic N) is 3. The van der Waals surface area contributed by atoms with Crippen molar-refractivity contribution in [3.05, 3.63) is 64.0 Å². The van der Waals surface area contributed by atoms with Gasteiger partial charge < -0.3 is 4.90 Å². The highest BCUT2D eigenvalue weighted by Gasteiger charge is 2.17. The molecule has 0 bridgehead atoms. The van der Waals surface area contributed by atoms with Gasteiger partial charge in [0.2, 0.25) is 0 Å². The van der Waals surface area contributed by atoms with Crippen molar-refractivity contribution in [1.82, 2.24) is 14.5 Å². The molecular formula is C25H29N3OS. The summed E-state index contributed by atoms with van der Waals surface area (Å²) in [4.78, 5) is 21.8. The van der Waals surface area contributed by atoms with Crippen LogP contribution < -0.4 is 5.56 Å². The van der Waals surface area contributed by atoms with E-state index >= 15 is 0 Å². The van der Waals surface area contributed by atoms with E-state index in [4.69, 9.17) is 4.98 Å². The normalized spacial score (nSPS) is 11.7. The average molecular weight is 420 g/mol. The Morgan fingerprint density at radius 2 is 1.80 bits per heavy atom. The third-order valence-electron chi connectivity index (χ3n) is 5.84. The fourth-order valence-corrected chi connectivity index (χ4v) is 5.02. The zero-order valence-corrected chi connectivity index (χ0v) is 18.8. The average Bonchev–Trinajstić information content (AvgIpc) is 3.20. The molecule has 0 saturated carbocycles. The number of likely N-dealkylation sites (N-methyl/N-ethyl adjacent to an activating group) is 1. The van der Waals surface area contributed by atoms with Gasteiger partial charge in [0.1, 0.15) is 10.7 Å². The number of benzene rings is 2. The minimum atomic E-state index is 0.0972. The van der Waals surface area contributed by atoms with E-state index in [0.29, 0.717) is 6.54 Å². The topological polar surface area (TPSA) is 38.1 Å². The molecule has 2 aromatic heterocycles. The van der Waals surface area contributed by atoms with E-state index in [1.54, 1.807) is 11.3 Å². The molecule has 2 heterocycles. The van der Waals surface area contributed by atoms with E-state index < -0.39 is 0 Å². The van der Waals surface area contributed by atoms with Gasteiger partial charge in [0.15, 0.2) is 0 Å². The molecule has 4 aromatic rings. The quantitative estimate of drug-likeness (QED) is 0.375. The Morgan fingerprint density at radius 1 is 1.03 bits per heavy atom. The summed E-state index contributed by atoms with van der Waals surface area (Å²) in [6.45, 7) is 10.0. The minimum Gasteiger partial charge on any atom is -0.302 e. The summed E-state index contributed by atoms with van der Waals surface area (Å²) < 4.78 is 1.92. The summed E-state index contributed by atoms with van der Waals surface area (Å²) in [5, 5.41) is 5.25. The summed E-state index contributed by atoms with van der Waals surface area (Å²) in [7, 11) is 0. The van der Waals surface area contributed by atoms with Crippen molar-refractivity contribution in [1.29, 1.82) is 0 Å². The second-order valence-electron chi connectivity index (χ2n) is 7.65. The maximum Gasteiger partial charge on any atom is 0.262 e. The number of thiophene rings is 1. The Kier molecular flexibility index (Phi) is 6.30. The molecule has 5 heteroatoms. The third kappa shape index (κ3) is 3.92. The molecule has 4 rings (SSSR count). The van der Waals surface area contributed by atoms with Crippen molar-refractivity contribution in [2.45, 2.75) is 40.2 Å². The number of aryl methyl sites for hydroxylation is 1. The molecule has 0 aliphatic rings. The van der Waals surface area contributed by atoms with Crippen LogP contribution in [0.2, 0.25) is 0 Å². The van der Waals surface area contributed by atoms with Gasteiger partial charge in [-0.2, -0.15) is 0 Å². The summed E-state index contributed by atoms with van der Waals surface area (Å²) in [6.07, 6.45) is 1.80. The summed E-state index contributed by atoms with van der Waals surface area (Å²) in [5.74, 6) is 0.911. The Bertz CT molecular complexity index is 1220. The van der Waals surface area contributed by atoms with Gasteiger partial charge in [-0.15, -0.1) is 11.3 Å². The van der Waals surface area contributed by atoms with Gasteiger partial charge in [0.05, 0.1) is 5.39 Å². The highest BCUT2D eigenvalue weighted by molar-refractivity contribution is 7.17. The Labute approximate surface area is 181 Å². The van der Waals surface area contributed by atoms with E-state index in [1.165, 1.54) is 10.8 Å². The molecule has 0 N–H and O–H groups in total. The number of rotatable bonds is 8. The second kappa shape index (κ2) is 9.11. The fourth-order valence-electron chi connectivity index (χ4n) is 4.06. The molecule has 0 spiro atoms. The molecule has 0 atom stereocenters. The predicted octanol–water partition coefficient (Wildman–Crippen LogP) is 5.57. The van der Waals surface area contributed by atoms with Gasteiger partial charge in [-0.05, 0) is 41.9 Å². The zero-order chi connectivity index (χ0) is 21.1. The molecule has 0 saturated heterocycles. The Morgan fingerprint density at radius 3 is 2.53 bits per heavy atom. The van der Waals surface area contributed by atoms with Gasteiger partial charge in [-0.25, -0.2) is 4.98 Å². The first-order valence-corrected chi connectivity index (χ1v) is 11.8. The van der Waals surface area contributed by atoms with Crippen LogP contribution in [0.4, 0.5) is 0 Å². The monoisotopic (exact) mass is 419 g/mol. The molecule has 0 fully saturated rings. The molecule has 4 nitrogen and oxygen atoms in total. The number of hydrogen-bond acceptors (Lipinski definition) is 4. The van der Waals surface area contributed by atoms with Crippen LogP contribution in [-0.4, -0.2) is 34.1 Å². The van der Waals surface area contributed by atoms with E-state index in [0.717, 1.165) is 59.6 Å². The Hall–Kier alpha value is -2.50.